The van der Waals surface area contributed by atoms with E-state index < -0.39 is 0 Å². The molecule has 0 unspecified atom stereocenters. The highest BCUT2D eigenvalue weighted by atomic mass is 16.5. The minimum absolute atomic E-state index is 0.669. The van der Waals surface area contributed by atoms with Crippen LogP contribution in [0.4, 0.5) is 11.8 Å². The second-order valence-electron chi connectivity index (χ2n) is 8.49. The summed E-state index contributed by atoms with van der Waals surface area (Å²) in [6.07, 6.45) is 4.60. The van der Waals surface area contributed by atoms with Crippen LogP contribution in [0, 0.1) is 6.92 Å². The number of nitrogens with zero attached hydrogens (tertiary/aromatic N) is 7. The highest BCUT2D eigenvalue weighted by molar-refractivity contribution is 5.60. The van der Waals surface area contributed by atoms with Crippen molar-refractivity contribution in [3.05, 3.63) is 78.2 Å². The summed E-state index contributed by atoms with van der Waals surface area (Å²) < 4.78 is 7.38. The average molecular weight is 456 g/mol. The summed E-state index contributed by atoms with van der Waals surface area (Å²) in [5.41, 5.74) is 4.27. The summed E-state index contributed by atoms with van der Waals surface area (Å²) in [5, 5.41) is 4.83. The first-order chi connectivity index (χ1) is 16.7. The number of pyridine rings is 1. The van der Waals surface area contributed by atoms with Crippen molar-refractivity contribution in [3.8, 4) is 17.1 Å². The first-order valence-corrected chi connectivity index (χ1v) is 11.6. The molecule has 1 fully saturated rings. The van der Waals surface area contributed by atoms with Crippen molar-refractivity contribution in [1.29, 1.82) is 0 Å². The highest BCUT2D eigenvalue weighted by Gasteiger charge is 2.18. The van der Waals surface area contributed by atoms with Gasteiger partial charge in [-0.2, -0.15) is 15.1 Å². The van der Waals surface area contributed by atoms with Crippen molar-refractivity contribution in [2.75, 3.05) is 49.7 Å². The van der Waals surface area contributed by atoms with Crippen LogP contribution in [0.5, 0.6) is 0 Å². The van der Waals surface area contributed by atoms with E-state index in [1.807, 2.05) is 54.5 Å². The SMILES string of the molecule is Cc1cccc(-c2ccn(-c3cc(N4CCOCC4)nc(N(C)CCc4ccccn4)n3)n2)c1. The van der Waals surface area contributed by atoms with Gasteiger partial charge in [0.15, 0.2) is 5.82 Å². The molecule has 3 aromatic heterocycles. The van der Waals surface area contributed by atoms with Gasteiger partial charge in [-0.3, -0.25) is 4.98 Å². The number of hydrogen-bond donors (Lipinski definition) is 0. The van der Waals surface area contributed by atoms with Gasteiger partial charge in [-0.1, -0.05) is 29.8 Å². The predicted molar refractivity (Wildman–Crippen MR) is 134 cm³/mol. The third kappa shape index (κ3) is 5.07. The van der Waals surface area contributed by atoms with Crippen LogP contribution in [0.3, 0.4) is 0 Å². The third-order valence-electron chi connectivity index (χ3n) is 5.93. The molecule has 0 spiro atoms. The molecule has 34 heavy (non-hydrogen) atoms. The Bertz CT molecular complexity index is 1230. The van der Waals surface area contributed by atoms with Crippen LogP contribution in [0.25, 0.3) is 17.1 Å². The third-order valence-corrected chi connectivity index (χ3v) is 5.93. The number of likely N-dealkylation sites (N-methyl/N-ethyl adjacent to an activating group) is 1. The molecule has 0 aliphatic carbocycles. The largest absolute Gasteiger partial charge is 0.378 e. The number of anilines is 2. The van der Waals surface area contributed by atoms with E-state index in [1.54, 1.807) is 0 Å². The van der Waals surface area contributed by atoms with Crippen molar-refractivity contribution in [1.82, 2.24) is 24.7 Å². The minimum atomic E-state index is 0.669. The van der Waals surface area contributed by atoms with Crippen molar-refractivity contribution in [2.45, 2.75) is 13.3 Å². The summed E-state index contributed by atoms with van der Waals surface area (Å²) in [5.74, 6) is 2.30. The number of aromatic nitrogens is 5. The summed E-state index contributed by atoms with van der Waals surface area (Å²) in [4.78, 5) is 18.5. The average Bonchev–Trinajstić information content (AvgIpc) is 3.39. The van der Waals surface area contributed by atoms with Crippen LogP contribution in [0.1, 0.15) is 11.3 Å². The van der Waals surface area contributed by atoms with E-state index in [4.69, 9.17) is 19.8 Å². The van der Waals surface area contributed by atoms with Gasteiger partial charge in [0, 0.05) is 62.8 Å². The van der Waals surface area contributed by atoms with Gasteiger partial charge >= 0.3 is 0 Å². The first kappa shape index (κ1) is 22.0. The van der Waals surface area contributed by atoms with Gasteiger partial charge in [0.1, 0.15) is 5.82 Å². The lowest BCUT2D eigenvalue weighted by Gasteiger charge is -2.29. The number of hydrogen-bond acceptors (Lipinski definition) is 7. The zero-order chi connectivity index (χ0) is 23.3. The lowest BCUT2D eigenvalue weighted by atomic mass is 10.1. The topological polar surface area (TPSA) is 72.2 Å². The van der Waals surface area contributed by atoms with Gasteiger partial charge in [-0.15, -0.1) is 0 Å². The zero-order valence-electron chi connectivity index (χ0n) is 19.6. The van der Waals surface area contributed by atoms with E-state index in [-0.39, 0.29) is 0 Å². The molecule has 174 valence electrons. The van der Waals surface area contributed by atoms with Gasteiger partial charge in [-0.05, 0) is 31.2 Å². The van der Waals surface area contributed by atoms with Crippen LogP contribution in [-0.4, -0.2) is 64.6 Å². The Labute approximate surface area is 199 Å². The Balaban J connectivity index is 1.45. The van der Waals surface area contributed by atoms with Crippen LogP contribution in [-0.2, 0) is 11.2 Å². The standard InChI is InChI=1S/C26H29N7O/c1-20-6-5-7-21(18-20)23-10-13-33(30-23)25-19-24(32-14-16-34-17-15-32)28-26(29-25)31(2)12-9-22-8-3-4-11-27-22/h3-8,10-11,13,18-19H,9,12,14-17H2,1-2H3. The molecule has 1 aliphatic heterocycles. The van der Waals surface area contributed by atoms with Crippen LogP contribution < -0.4 is 9.80 Å². The van der Waals surface area contributed by atoms with Crippen LogP contribution in [0.15, 0.2) is 67.0 Å². The molecule has 8 nitrogen and oxygen atoms in total. The number of rotatable bonds is 7. The molecular weight excluding hydrogens is 426 g/mol. The maximum absolute atomic E-state index is 5.54. The van der Waals surface area contributed by atoms with E-state index in [0.717, 1.165) is 54.6 Å². The van der Waals surface area contributed by atoms with E-state index in [9.17, 15) is 0 Å². The van der Waals surface area contributed by atoms with Crippen molar-refractivity contribution >= 4 is 11.8 Å². The first-order valence-electron chi connectivity index (χ1n) is 11.6. The normalized spacial score (nSPS) is 13.8. The molecule has 0 amide bonds. The molecule has 1 aromatic carbocycles. The Hall–Kier alpha value is -3.78. The number of aryl methyl sites for hydroxylation is 1. The van der Waals surface area contributed by atoms with E-state index in [1.165, 1.54) is 5.56 Å². The van der Waals surface area contributed by atoms with Gasteiger partial charge in [0.05, 0.1) is 18.9 Å². The minimum Gasteiger partial charge on any atom is -0.378 e. The van der Waals surface area contributed by atoms with E-state index in [2.05, 4.69) is 46.0 Å². The molecule has 4 aromatic rings. The number of morpholine rings is 1. The molecule has 0 bridgehead atoms. The fraction of sp³-hybridized carbons (Fsp3) is 0.308. The van der Waals surface area contributed by atoms with E-state index in [0.29, 0.717) is 19.2 Å². The Morgan fingerprint density at radius 2 is 1.82 bits per heavy atom. The molecule has 1 aliphatic rings. The molecule has 8 heteroatoms. The molecule has 1 saturated heterocycles. The second kappa shape index (κ2) is 10.0. The maximum atomic E-state index is 5.54. The molecule has 4 heterocycles. The van der Waals surface area contributed by atoms with E-state index >= 15 is 0 Å². The molecule has 0 radical (unpaired) electrons. The molecule has 0 N–H and O–H groups in total. The quantitative estimate of drug-likeness (QED) is 0.422. The monoisotopic (exact) mass is 455 g/mol. The Morgan fingerprint density at radius 1 is 0.971 bits per heavy atom. The lowest BCUT2D eigenvalue weighted by molar-refractivity contribution is 0.122. The molecule has 5 rings (SSSR count). The van der Waals surface area contributed by atoms with Crippen LogP contribution in [0.2, 0.25) is 0 Å². The van der Waals surface area contributed by atoms with Crippen LogP contribution >= 0.6 is 0 Å². The molecular formula is C26H29N7O. The summed E-state index contributed by atoms with van der Waals surface area (Å²) >= 11 is 0. The van der Waals surface area contributed by atoms with Gasteiger partial charge in [0.2, 0.25) is 5.95 Å². The van der Waals surface area contributed by atoms with Gasteiger partial charge < -0.3 is 14.5 Å². The predicted octanol–water partition coefficient (Wildman–Crippen LogP) is 3.55. The molecule has 0 saturated carbocycles. The smallest absolute Gasteiger partial charge is 0.229 e. The maximum Gasteiger partial charge on any atom is 0.229 e. The summed E-state index contributed by atoms with van der Waals surface area (Å²) in [6, 6.07) is 18.4. The Morgan fingerprint density at radius 3 is 2.62 bits per heavy atom. The summed E-state index contributed by atoms with van der Waals surface area (Å²) in [7, 11) is 2.02. The van der Waals surface area contributed by atoms with Crippen molar-refractivity contribution < 1.29 is 4.74 Å². The number of ether oxygens (including phenoxy) is 1. The van der Waals surface area contributed by atoms with Crippen molar-refractivity contribution in [3.63, 3.8) is 0 Å². The van der Waals surface area contributed by atoms with Gasteiger partial charge in [0.25, 0.3) is 0 Å². The van der Waals surface area contributed by atoms with Gasteiger partial charge in [-0.25, -0.2) is 4.68 Å². The molecule has 0 atom stereocenters. The fourth-order valence-corrected chi connectivity index (χ4v) is 3.99. The lowest BCUT2D eigenvalue weighted by Crippen LogP contribution is -2.37. The fourth-order valence-electron chi connectivity index (χ4n) is 3.99. The highest BCUT2D eigenvalue weighted by Crippen LogP contribution is 2.23. The summed E-state index contributed by atoms with van der Waals surface area (Å²) in [6.45, 7) is 5.86. The Kier molecular flexibility index (Phi) is 6.49. The second-order valence-corrected chi connectivity index (χ2v) is 8.49. The number of benzene rings is 1. The zero-order valence-corrected chi connectivity index (χ0v) is 19.6. The van der Waals surface area contributed by atoms with Crippen molar-refractivity contribution in [2.24, 2.45) is 0 Å².